The van der Waals surface area contributed by atoms with Crippen molar-refractivity contribution < 1.29 is 4.79 Å². The molecular formula is C14H17NO. The van der Waals surface area contributed by atoms with Crippen LogP contribution >= 0.6 is 0 Å². The van der Waals surface area contributed by atoms with E-state index in [4.69, 9.17) is 0 Å². The molecule has 2 nitrogen and oxygen atoms in total. The predicted molar refractivity (Wildman–Crippen MR) is 64.4 cm³/mol. The van der Waals surface area contributed by atoms with Gasteiger partial charge in [-0.15, -0.1) is 0 Å². The molecule has 1 spiro atoms. The Morgan fingerprint density at radius 1 is 1.25 bits per heavy atom. The van der Waals surface area contributed by atoms with E-state index in [-0.39, 0.29) is 11.3 Å². The molecule has 16 heavy (non-hydrogen) atoms. The highest BCUT2D eigenvalue weighted by atomic mass is 16.2. The van der Waals surface area contributed by atoms with Gasteiger partial charge in [-0.25, -0.2) is 0 Å². The summed E-state index contributed by atoms with van der Waals surface area (Å²) < 4.78 is 0. The first-order chi connectivity index (χ1) is 7.70. The summed E-state index contributed by atoms with van der Waals surface area (Å²) in [5.74, 6) is 0.253. The number of fused-ring (bicyclic) bond motifs is 1. The number of hydrogen-bond acceptors (Lipinski definition) is 1. The van der Waals surface area contributed by atoms with Crippen LogP contribution in [0.3, 0.4) is 0 Å². The van der Waals surface area contributed by atoms with Crippen LogP contribution in [0.5, 0.6) is 0 Å². The normalized spacial score (nSPS) is 21.9. The highest BCUT2D eigenvalue weighted by Crippen LogP contribution is 2.45. The highest BCUT2D eigenvalue weighted by Gasteiger charge is 2.44. The van der Waals surface area contributed by atoms with Gasteiger partial charge in [0.15, 0.2) is 0 Å². The number of anilines is 1. The predicted octanol–water partition coefficient (Wildman–Crippen LogP) is 3.05. The number of nitrogens with one attached hydrogen (secondary N) is 1. The molecule has 0 bridgehead atoms. The molecule has 1 aliphatic heterocycles. The van der Waals surface area contributed by atoms with Gasteiger partial charge in [0.25, 0.3) is 0 Å². The monoisotopic (exact) mass is 215 g/mol. The molecule has 1 aromatic rings. The van der Waals surface area contributed by atoms with Crippen LogP contribution in [-0.2, 0) is 11.2 Å². The molecule has 2 heteroatoms. The van der Waals surface area contributed by atoms with Crippen LogP contribution in [-0.4, -0.2) is 5.91 Å². The molecule has 0 radical (unpaired) electrons. The molecular weight excluding hydrogens is 198 g/mol. The van der Waals surface area contributed by atoms with Gasteiger partial charge < -0.3 is 5.32 Å². The van der Waals surface area contributed by atoms with Crippen molar-refractivity contribution in [2.45, 2.75) is 39.0 Å². The topological polar surface area (TPSA) is 29.1 Å². The largest absolute Gasteiger partial charge is 0.325 e. The third-order valence-electron chi connectivity index (χ3n) is 4.08. The van der Waals surface area contributed by atoms with Crippen LogP contribution in [0.4, 0.5) is 5.69 Å². The molecule has 84 valence electrons. The minimum absolute atomic E-state index is 0.0811. The van der Waals surface area contributed by atoms with Crippen LogP contribution in [0, 0.1) is 12.3 Å². The molecule has 2 aliphatic rings. The minimum Gasteiger partial charge on any atom is -0.325 e. The molecule has 0 unspecified atom stereocenters. The summed E-state index contributed by atoms with van der Waals surface area (Å²) in [6.07, 6.45) is 5.47. The third-order valence-corrected chi connectivity index (χ3v) is 4.08. The quantitative estimate of drug-likeness (QED) is 0.708. The van der Waals surface area contributed by atoms with Crippen LogP contribution in [0.25, 0.3) is 0 Å². The Morgan fingerprint density at radius 2 is 2.00 bits per heavy atom. The van der Waals surface area contributed by atoms with E-state index in [1.54, 1.807) is 0 Å². The first kappa shape index (κ1) is 9.88. The summed E-state index contributed by atoms with van der Waals surface area (Å²) in [5, 5.41) is 3.09. The van der Waals surface area contributed by atoms with Crippen LogP contribution in [0.15, 0.2) is 18.2 Å². The van der Waals surface area contributed by atoms with Gasteiger partial charge in [-0.2, -0.15) is 0 Å². The second kappa shape index (κ2) is 3.34. The Kier molecular flexibility index (Phi) is 2.06. The van der Waals surface area contributed by atoms with Gasteiger partial charge in [-0.1, -0.05) is 25.0 Å². The lowest BCUT2D eigenvalue weighted by Crippen LogP contribution is -2.39. The third kappa shape index (κ3) is 1.36. The molecule has 1 N–H and O–H groups in total. The van der Waals surface area contributed by atoms with Gasteiger partial charge in [-0.3, -0.25) is 4.79 Å². The standard InChI is InChI=1S/C14H17NO/c1-10-4-5-11-9-14(6-2-3-7-14)13(16)15-12(11)8-10/h4-5,8H,2-3,6-7,9H2,1H3,(H,15,16). The van der Waals surface area contributed by atoms with Gasteiger partial charge in [-0.05, 0) is 43.4 Å². The first-order valence-corrected chi connectivity index (χ1v) is 6.11. The molecule has 1 heterocycles. The maximum absolute atomic E-state index is 12.2. The lowest BCUT2D eigenvalue weighted by molar-refractivity contribution is -0.125. The fourth-order valence-electron chi connectivity index (χ4n) is 3.12. The van der Waals surface area contributed by atoms with Crippen molar-refractivity contribution in [3.05, 3.63) is 29.3 Å². The lowest BCUT2D eigenvalue weighted by atomic mass is 9.76. The fraction of sp³-hybridized carbons (Fsp3) is 0.500. The van der Waals surface area contributed by atoms with E-state index in [1.807, 2.05) is 0 Å². The van der Waals surface area contributed by atoms with Crippen molar-refractivity contribution in [2.75, 3.05) is 5.32 Å². The average molecular weight is 215 g/mol. The van der Waals surface area contributed by atoms with E-state index in [0.717, 1.165) is 24.9 Å². The van der Waals surface area contributed by atoms with Crippen molar-refractivity contribution in [3.63, 3.8) is 0 Å². The van der Waals surface area contributed by atoms with Crippen molar-refractivity contribution in [3.8, 4) is 0 Å². The second-order valence-corrected chi connectivity index (χ2v) is 5.28. The van der Waals surface area contributed by atoms with Gasteiger partial charge in [0.05, 0.1) is 5.41 Å². The smallest absolute Gasteiger partial charge is 0.230 e. The van der Waals surface area contributed by atoms with E-state index >= 15 is 0 Å². The Bertz CT molecular complexity index is 444. The molecule has 0 aromatic heterocycles. The number of carbonyl (C=O) groups is 1. The molecule has 1 aliphatic carbocycles. The van der Waals surface area contributed by atoms with Crippen LogP contribution in [0.1, 0.15) is 36.8 Å². The van der Waals surface area contributed by atoms with Gasteiger partial charge in [0.2, 0.25) is 5.91 Å². The zero-order chi connectivity index (χ0) is 11.2. The second-order valence-electron chi connectivity index (χ2n) is 5.28. The lowest BCUT2D eigenvalue weighted by Gasteiger charge is -2.33. The molecule has 1 amide bonds. The molecule has 1 fully saturated rings. The van der Waals surface area contributed by atoms with E-state index in [0.29, 0.717) is 0 Å². The Morgan fingerprint density at radius 3 is 2.75 bits per heavy atom. The van der Waals surface area contributed by atoms with E-state index < -0.39 is 0 Å². The maximum atomic E-state index is 12.2. The number of carbonyl (C=O) groups excluding carboxylic acids is 1. The van der Waals surface area contributed by atoms with Crippen LogP contribution < -0.4 is 5.32 Å². The molecule has 0 atom stereocenters. The summed E-state index contributed by atoms with van der Waals surface area (Å²) in [6.45, 7) is 2.06. The van der Waals surface area contributed by atoms with Gasteiger partial charge >= 0.3 is 0 Å². The Balaban J connectivity index is 2.01. The summed E-state index contributed by atoms with van der Waals surface area (Å²) in [5.41, 5.74) is 3.47. The summed E-state index contributed by atoms with van der Waals surface area (Å²) in [6, 6.07) is 6.39. The maximum Gasteiger partial charge on any atom is 0.230 e. The molecule has 3 rings (SSSR count). The van der Waals surface area contributed by atoms with Crippen molar-refractivity contribution in [1.29, 1.82) is 0 Å². The fourth-order valence-corrected chi connectivity index (χ4v) is 3.12. The minimum atomic E-state index is -0.0811. The van der Waals surface area contributed by atoms with Crippen molar-refractivity contribution in [2.24, 2.45) is 5.41 Å². The summed E-state index contributed by atoms with van der Waals surface area (Å²) in [7, 11) is 0. The van der Waals surface area contributed by atoms with Gasteiger partial charge in [0, 0.05) is 5.69 Å². The highest BCUT2D eigenvalue weighted by molar-refractivity contribution is 5.98. The SMILES string of the molecule is Cc1ccc2c(c1)NC(=O)C1(CCCC1)C2. The number of benzene rings is 1. The number of amides is 1. The zero-order valence-electron chi connectivity index (χ0n) is 9.68. The molecule has 1 saturated carbocycles. The van der Waals surface area contributed by atoms with Crippen molar-refractivity contribution in [1.82, 2.24) is 0 Å². The number of hydrogen-bond donors (Lipinski definition) is 1. The zero-order valence-corrected chi connectivity index (χ0v) is 9.68. The molecule has 0 saturated heterocycles. The summed E-state index contributed by atoms with van der Waals surface area (Å²) in [4.78, 5) is 12.2. The van der Waals surface area contributed by atoms with E-state index in [9.17, 15) is 4.79 Å². The van der Waals surface area contributed by atoms with E-state index in [2.05, 4.69) is 30.4 Å². The van der Waals surface area contributed by atoms with Crippen molar-refractivity contribution >= 4 is 11.6 Å². The Hall–Kier alpha value is -1.31. The number of aryl methyl sites for hydroxylation is 1. The first-order valence-electron chi connectivity index (χ1n) is 6.11. The van der Waals surface area contributed by atoms with Gasteiger partial charge in [0.1, 0.15) is 0 Å². The van der Waals surface area contributed by atoms with Crippen LogP contribution in [0.2, 0.25) is 0 Å². The number of rotatable bonds is 0. The van der Waals surface area contributed by atoms with E-state index in [1.165, 1.54) is 24.0 Å². The average Bonchev–Trinajstić information content (AvgIpc) is 2.70. The molecule has 1 aromatic carbocycles. The Labute approximate surface area is 96.1 Å². The summed E-state index contributed by atoms with van der Waals surface area (Å²) >= 11 is 0.